The van der Waals surface area contributed by atoms with Gasteiger partial charge in [-0.25, -0.2) is 0 Å². The number of aromatic nitrogens is 3. The standard InChI is InChI=1S/C17H18N4O2/c1-13(16-8-9-23-19-16)20(2)17(22)15-10-18-21(12-15)11-14-6-4-3-5-7-14/h3-10,12-13H,11H2,1-2H3/t13-/m0/s1. The molecule has 2 heterocycles. The zero-order valence-corrected chi connectivity index (χ0v) is 13.1. The lowest BCUT2D eigenvalue weighted by Gasteiger charge is -2.22. The van der Waals surface area contributed by atoms with Gasteiger partial charge in [-0.3, -0.25) is 9.48 Å². The van der Waals surface area contributed by atoms with Crippen molar-refractivity contribution < 1.29 is 9.32 Å². The van der Waals surface area contributed by atoms with Crippen LogP contribution in [0, 0.1) is 0 Å². The van der Waals surface area contributed by atoms with E-state index in [2.05, 4.69) is 10.3 Å². The van der Waals surface area contributed by atoms with Gasteiger partial charge >= 0.3 is 0 Å². The van der Waals surface area contributed by atoms with Crippen molar-refractivity contribution in [2.75, 3.05) is 7.05 Å². The Bertz CT molecular complexity index is 765. The SMILES string of the molecule is C[C@@H](c1ccon1)N(C)C(=O)c1cnn(Cc2ccccc2)c1. The van der Waals surface area contributed by atoms with Gasteiger partial charge in [-0.2, -0.15) is 5.10 Å². The Morgan fingerprint density at radius 3 is 2.78 bits per heavy atom. The molecular weight excluding hydrogens is 292 g/mol. The van der Waals surface area contributed by atoms with Crippen LogP contribution in [-0.4, -0.2) is 32.8 Å². The molecular formula is C17H18N4O2. The number of carbonyl (C=O) groups is 1. The lowest BCUT2D eigenvalue weighted by molar-refractivity contribution is 0.0737. The Hall–Kier alpha value is -2.89. The molecule has 0 saturated carbocycles. The first-order chi connectivity index (χ1) is 11.1. The molecule has 0 radical (unpaired) electrons. The van der Waals surface area contributed by atoms with E-state index in [1.807, 2.05) is 37.3 Å². The Kier molecular flexibility index (Phi) is 4.23. The average molecular weight is 310 g/mol. The highest BCUT2D eigenvalue weighted by Crippen LogP contribution is 2.19. The van der Waals surface area contributed by atoms with Gasteiger partial charge in [-0.1, -0.05) is 35.5 Å². The molecule has 6 heteroatoms. The molecule has 6 nitrogen and oxygen atoms in total. The summed E-state index contributed by atoms with van der Waals surface area (Å²) >= 11 is 0. The van der Waals surface area contributed by atoms with Crippen molar-refractivity contribution in [3.63, 3.8) is 0 Å². The van der Waals surface area contributed by atoms with Crippen LogP contribution in [0.25, 0.3) is 0 Å². The second-order valence-electron chi connectivity index (χ2n) is 5.43. The molecule has 0 N–H and O–H groups in total. The lowest BCUT2D eigenvalue weighted by atomic mass is 10.2. The predicted octanol–water partition coefficient (Wildman–Crippen LogP) is 2.75. The van der Waals surface area contributed by atoms with Crippen LogP contribution in [0.1, 0.15) is 34.6 Å². The van der Waals surface area contributed by atoms with Crippen LogP contribution in [0.2, 0.25) is 0 Å². The minimum atomic E-state index is -0.168. The molecule has 23 heavy (non-hydrogen) atoms. The second-order valence-corrected chi connectivity index (χ2v) is 5.43. The summed E-state index contributed by atoms with van der Waals surface area (Å²) in [7, 11) is 1.75. The van der Waals surface area contributed by atoms with Crippen LogP contribution in [0.4, 0.5) is 0 Å². The smallest absolute Gasteiger partial charge is 0.257 e. The minimum absolute atomic E-state index is 0.0974. The van der Waals surface area contributed by atoms with Crippen molar-refractivity contribution in [3.8, 4) is 0 Å². The van der Waals surface area contributed by atoms with E-state index in [0.29, 0.717) is 12.1 Å². The van der Waals surface area contributed by atoms with E-state index >= 15 is 0 Å². The first-order valence-corrected chi connectivity index (χ1v) is 7.39. The fraction of sp³-hybridized carbons (Fsp3) is 0.235. The van der Waals surface area contributed by atoms with Gasteiger partial charge in [-0.15, -0.1) is 0 Å². The van der Waals surface area contributed by atoms with Gasteiger partial charge in [0.1, 0.15) is 12.0 Å². The summed E-state index contributed by atoms with van der Waals surface area (Å²) in [5.41, 5.74) is 2.41. The molecule has 0 bridgehead atoms. The predicted molar refractivity (Wildman–Crippen MR) is 84.8 cm³/mol. The summed E-state index contributed by atoms with van der Waals surface area (Å²) < 4.78 is 6.60. The van der Waals surface area contributed by atoms with Crippen LogP contribution in [0.3, 0.4) is 0 Å². The van der Waals surface area contributed by atoms with Gasteiger partial charge < -0.3 is 9.42 Å². The molecule has 0 unspecified atom stereocenters. The van der Waals surface area contributed by atoms with Crippen molar-refractivity contribution >= 4 is 5.91 Å². The van der Waals surface area contributed by atoms with Crippen molar-refractivity contribution in [1.29, 1.82) is 0 Å². The zero-order valence-electron chi connectivity index (χ0n) is 13.1. The van der Waals surface area contributed by atoms with Crippen LogP contribution in [0.5, 0.6) is 0 Å². The van der Waals surface area contributed by atoms with E-state index in [9.17, 15) is 4.79 Å². The topological polar surface area (TPSA) is 64.2 Å². The van der Waals surface area contributed by atoms with E-state index in [0.717, 1.165) is 11.3 Å². The van der Waals surface area contributed by atoms with Gasteiger partial charge in [0.05, 0.1) is 24.3 Å². The van der Waals surface area contributed by atoms with Crippen molar-refractivity contribution in [2.24, 2.45) is 0 Å². The number of amides is 1. The van der Waals surface area contributed by atoms with Crippen molar-refractivity contribution in [2.45, 2.75) is 19.5 Å². The molecule has 1 atom stereocenters. The molecule has 3 aromatic rings. The Morgan fingerprint density at radius 2 is 2.09 bits per heavy atom. The van der Waals surface area contributed by atoms with Crippen molar-refractivity contribution in [1.82, 2.24) is 19.8 Å². The lowest BCUT2D eigenvalue weighted by Crippen LogP contribution is -2.29. The molecule has 0 aliphatic heterocycles. The molecule has 0 fully saturated rings. The van der Waals surface area contributed by atoms with E-state index in [1.54, 1.807) is 35.1 Å². The number of carbonyl (C=O) groups excluding carboxylic acids is 1. The molecule has 118 valence electrons. The molecule has 0 aliphatic carbocycles. The Morgan fingerprint density at radius 1 is 1.30 bits per heavy atom. The summed E-state index contributed by atoms with van der Waals surface area (Å²) in [5, 5.41) is 8.16. The highest BCUT2D eigenvalue weighted by atomic mass is 16.5. The summed E-state index contributed by atoms with van der Waals surface area (Å²) in [5.74, 6) is -0.0974. The summed E-state index contributed by atoms with van der Waals surface area (Å²) in [6, 6.07) is 11.6. The molecule has 0 aliphatic rings. The van der Waals surface area contributed by atoms with Crippen LogP contribution >= 0.6 is 0 Å². The number of nitrogens with zero attached hydrogens (tertiary/aromatic N) is 4. The number of rotatable bonds is 5. The molecule has 2 aromatic heterocycles. The third-order valence-corrected chi connectivity index (χ3v) is 3.85. The molecule has 1 aromatic carbocycles. The van der Waals surface area contributed by atoms with Gasteiger partial charge in [0.2, 0.25) is 0 Å². The summed E-state index contributed by atoms with van der Waals surface area (Å²) in [6.07, 6.45) is 4.86. The third-order valence-electron chi connectivity index (χ3n) is 3.85. The maximum Gasteiger partial charge on any atom is 0.257 e. The van der Waals surface area contributed by atoms with Crippen LogP contribution in [-0.2, 0) is 6.54 Å². The monoisotopic (exact) mass is 310 g/mol. The van der Waals surface area contributed by atoms with Gasteiger partial charge in [-0.05, 0) is 12.5 Å². The summed E-state index contributed by atoms with van der Waals surface area (Å²) in [6.45, 7) is 2.54. The highest BCUT2D eigenvalue weighted by molar-refractivity contribution is 5.93. The van der Waals surface area contributed by atoms with E-state index < -0.39 is 0 Å². The van der Waals surface area contributed by atoms with Gasteiger partial charge in [0.25, 0.3) is 5.91 Å². The minimum Gasteiger partial charge on any atom is -0.364 e. The quantitative estimate of drug-likeness (QED) is 0.727. The Labute approximate surface area is 134 Å². The molecule has 1 amide bonds. The second kappa shape index (κ2) is 6.48. The largest absolute Gasteiger partial charge is 0.364 e. The van der Waals surface area contributed by atoms with Gasteiger partial charge in [0.15, 0.2) is 0 Å². The van der Waals surface area contributed by atoms with Crippen molar-refractivity contribution in [3.05, 3.63) is 71.9 Å². The van der Waals surface area contributed by atoms with Crippen LogP contribution in [0.15, 0.2) is 59.6 Å². The Balaban J connectivity index is 1.71. The molecule has 0 saturated heterocycles. The highest BCUT2D eigenvalue weighted by Gasteiger charge is 2.21. The third kappa shape index (κ3) is 3.31. The number of hydrogen-bond acceptors (Lipinski definition) is 4. The molecule has 3 rings (SSSR count). The first-order valence-electron chi connectivity index (χ1n) is 7.39. The van der Waals surface area contributed by atoms with E-state index in [-0.39, 0.29) is 11.9 Å². The van der Waals surface area contributed by atoms with E-state index in [1.165, 1.54) is 6.26 Å². The molecule has 0 spiro atoms. The maximum atomic E-state index is 12.6. The average Bonchev–Trinajstić information content (AvgIpc) is 3.25. The normalized spacial score (nSPS) is 12.1. The van der Waals surface area contributed by atoms with E-state index in [4.69, 9.17) is 4.52 Å². The fourth-order valence-electron chi connectivity index (χ4n) is 2.35. The van der Waals surface area contributed by atoms with Crippen LogP contribution < -0.4 is 0 Å². The number of hydrogen-bond donors (Lipinski definition) is 0. The maximum absolute atomic E-state index is 12.6. The number of benzene rings is 1. The fourth-order valence-corrected chi connectivity index (χ4v) is 2.35. The first kappa shape index (κ1) is 15.0. The van der Waals surface area contributed by atoms with Gasteiger partial charge in [0, 0.05) is 19.3 Å². The summed E-state index contributed by atoms with van der Waals surface area (Å²) in [4.78, 5) is 14.2. The zero-order chi connectivity index (χ0) is 16.2.